The lowest BCUT2D eigenvalue weighted by atomic mass is 9.84. The van der Waals surface area contributed by atoms with Gasteiger partial charge in [0.05, 0.1) is 18.0 Å². The minimum Gasteiger partial charge on any atom is -0.382 e. The summed E-state index contributed by atoms with van der Waals surface area (Å²) in [5.41, 5.74) is 4.97. The predicted molar refractivity (Wildman–Crippen MR) is 136 cm³/mol. The smallest absolute Gasteiger partial charge is 0.223 e. The molecule has 6 heteroatoms. The van der Waals surface area contributed by atoms with Crippen molar-refractivity contribution < 1.29 is 9.90 Å². The molecule has 1 unspecified atom stereocenters. The molecule has 0 aliphatic heterocycles. The third-order valence-corrected chi connectivity index (χ3v) is 8.12. The highest BCUT2D eigenvalue weighted by Crippen LogP contribution is 2.59. The maximum absolute atomic E-state index is 13.4. The molecule has 2 aromatic heterocycles. The van der Waals surface area contributed by atoms with Gasteiger partial charge in [0.2, 0.25) is 5.91 Å². The van der Waals surface area contributed by atoms with Crippen LogP contribution >= 0.6 is 0 Å². The molecule has 4 rings (SSSR count). The molecule has 3 N–H and O–H groups in total. The number of pyridine rings is 1. The van der Waals surface area contributed by atoms with Gasteiger partial charge in [-0.15, -0.1) is 0 Å². The van der Waals surface area contributed by atoms with E-state index in [4.69, 9.17) is 0 Å². The summed E-state index contributed by atoms with van der Waals surface area (Å²) in [5.74, 6) is 0.339. The number of aromatic nitrogens is 2. The number of nitrogens with one attached hydrogen (secondary N) is 2. The molecule has 1 spiro atoms. The number of carbonyl (C=O) groups excluding carboxylic acids is 1. The van der Waals surface area contributed by atoms with Crippen molar-refractivity contribution in [3.8, 4) is 0 Å². The van der Waals surface area contributed by atoms with Crippen LogP contribution in [0, 0.1) is 38.0 Å². The largest absolute Gasteiger partial charge is 0.382 e. The molecule has 3 atom stereocenters. The van der Waals surface area contributed by atoms with Gasteiger partial charge in [0.15, 0.2) is 0 Å². The minimum absolute atomic E-state index is 0.0293. The first-order valence-electron chi connectivity index (χ1n) is 12.4. The van der Waals surface area contributed by atoms with Crippen molar-refractivity contribution in [1.82, 2.24) is 15.3 Å². The van der Waals surface area contributed by atoms with Crippen LogP contribution in [0.5, 0.6) is 0 Å². The molecule has 1 amide bonds. The second-order valence-electron chi connectivity index (χ2n) is 10.6. The SMILES string of the molecule is C=C/N=C(\c1cc[nH]c1C)C1CC[C@H](C(=O)NC[C@@](C)(O)c2cc(C)c(C)cn2)C2(CC1)CC2. The average Bonchev–Trinajstić information content (AvgIpc) is 3.51. The number of rotatable bonds is 7. The molecule has 2 saturated carbocycles. The van der Waals surface area contributed by atoms with E-state index in [9.17, 15) is 9.90 Å². The number of nitrogens with zero attached hydrogens (tertiary/aromatic N) is 2. The second kappa shape index (κ2) is 9.49. The van der Waals surface area contributed by atoms with E-state index in [1.54, 1.807) is 19.3 Å². The summed E-state index contributed by atoms with van der Waals surface area (Å²) in [6, 6.07) is 3.99. The number of hydrogen-bond donors (Lipinski definition) is 3. The van der Waals surface area contributed by atoms with E-state index in [1.807, 2.05) is 26.1 Å². The van der Waals surface area contributed by atoms with Gasteiger partial charge in [0, 0.05) is 41.7 Å². The van der Waals surface area contributed by atoms with Crippen LogP contribution in [0.3, 0.4) is 0 Å². The maximum atomic E-state index is 13.4. The van der Waals surface area contributed by atoms with E-state index in [2.05, 4.69) is 39.8 Å². The third kappa shape index (κ3) is 4.88. The number of aliphatic imine (C=N–C) groups is 1. The lowest BCUT2D eigenvalue weighted by Gasteiger charge is -2.28. The summed E-state index contributed by atoms with van der Waals surface area (Å²) in [6.45, 7) is 11.8. The van der Waals surface area contributed by atoms with Crippen LogP contribution in [0.4, 0.5) is 0 Å². The van der Waals surface area contributed by atoms with Gasteiger partial charge in [-0.25, -0.2) is 0 Å². The van der Waals surface area contributed by atoms with E-state index in [0.29, 0.717) is 11.6 Å². The zero-order valence-electron chi connectivity index (χ0n) is 20.9. The van der Waals surface area contributed by atoms with Gasteiger partial charge >= 0.3 is 0 Å². The fourth-order valence-electron chi connectivity index (χ4n) is 5.51. The summed E-state index contributed by atoms with van der Waals surface area (Å²) in [4.78, 5) is 25.7. The number of aliphatic hydroxyl groups is 1. The summed E-state index contributed by atoms with van der Waals surface area (Å²) in [6.07, 6.45) is 11.4. The molecule has 6 nitrogen and oxygen atoms in total. The van der Waals surface area contributed by atoms with Crippen molar-refractivity contribution >= 4 is 11.6 Å². The van der Waals surface area contributed by atoms with Crippen molar-refractivity contribution in [2.75, 3.05) is 6.54 Å². The molecule has 34 heavy (non-hydrogen) atoms. The Morgan fingerprint density at radius 2 is 2.06 bits per heavy atom. The van der Waals surface area contributed by atoms with Gasteiger partial charge in [-0.1, -0.05) is 6.58 Å². The van der Waals surface area contributed by atoms with Gasteiger partial charge < -0.3 is 15.4 Å². The van der Waals surface area contributed by atoms with Crippen LogP contribution < -0.4 is 5.32 Å². The number of amides is 1. The van der Waals surface area contributed by atoms with Crippen LogP contribution in [0.1, 0.15) is 73.5 Å². The number of aromatic amines is 1. The Morgan fingerprint density at radius 1 is 1.29 bits per heavy atom. The summed E-state index contributed by atoms with van der Waals surface area (Å²) in [5, 5.41) is 14.1. The summed E-state index contributed by atoms with van der Waals surface area (Å²) in [7, 11) is 0. The molecule has 2 aliphatic rings. The first kappa shape index (κ1) is 24.4. The molecule has 0 saturated heterocycles. The second-order valence-corrected chi connectivity index (χ2v) is 10.6. The van der Waals surface area contributed by atoms with E-state index in [0.717, 1.165) is 66.6 Å². The molecule has 0 bridgehead atoms. The lowest BCUT2D eigenvalue weighted by molar-refractivity contribution is -0.128. The number of carbonyl (C=O) groups is 1. The van der Waals surface area contributed by atoms with Crippen molar-refractivity contribution in [3.05, 3.63) is 65.4 Å². The first-order valence-corrected chi connectivity index (χ1v) is 12.4. The molecule has 2 aromatic rings. The van der Waals surface area contributed by atoms with E-state index in [-0.39, 0.29) is 23.8 Å². The fraction of sp³-hybridized carbons (Fsp3) is 0.536. The van der Waals surface area contributed by atoms with Crippen LogP contribution in [0.15, 0.2) is 42.3 Å². The highest BCUT2D eigenvalue weighted by molar-refractivity contribution is 6.03. The zero-order valence-corrected chi connectivity index (χ0v) is 20.9. The molecular weight excluding hydrogens is 424 g/mol. The molecule has 2 fully saturated rings. The van der Waals surface area contributed by atoms with Gasteiger partial charge in [-0.3, -0.25) is 14.8 Å². The van der Waals surface area contributed by atoms with E-state index >= 15 is 0 Å². The van der Waals surface area contributed by atoms with Crippen molar-refractivity contribution in [2.45, 2.75) is 71.8 Å². The topological polar surface area (TPSA) is 90.4 Å². The first-order chi connectivity index (χ1) is 16.2. The van der Waals surface area contributed by atoms with Crippen molar-refractivity contribution in [3.63, 3.8) is 0 Å². The maximum Gasteiger partial charge on any atom is 0.223 e. The fourth-order valence-corrected chi connectivity index (χ4v) is 5.51. The van der Waals surface area contributed by atoms with Gasteiger partial charge in [-0.05, 0) is 94.9 Å². The number of aryl methyl sites for hydroxylation is 3. The van der Waals surface area contributed by atoms with Crippen LogP contribution in [0.25, 0.3) is 0 Å². The Labute approximate surface area is 203 Å². The number of H-pyrrole nitrogens is 1. The normalized spacial score (nSPS) is 23.7. The third-order valence-electron chi connectivity index (χ3n) is 8.12. The van der Waals surface area contributed by atoms with Crippen LogP contribution in [-0.4, -0.2) is 33.2 Å². The van der Waals surface area contributed by atoms with Gasteiger partial charge in [0.25, 0.3) is 0 Å². The Bertz CT molecular complexity index is 1090. The average molecular weight is 463 g/mol. The van der Waals surface area contributed by atoms with Crippen molar-refractivity contribution in [2.24, 2.45) is 22.2 Å². The predicted octanol–water partition coefficient (Wildman–Crippen LogP) is 4.88. The minimum atomic E-state index is -1.21. The Balaban J connectivity index is 1.45. The highest BCUT2D eigenvalue weighted by Gasteiger charge is 2.53. The molecule has 2 heterocycles. The summed E-state index contributed by atoms with van der Waals surface area (Å²) < 4.78 is 0. The quantitative estimate of drug-likeness (QED) is 0.512. The molecule has 0 aromatic carbocycles. The Hall–Kier alpha value is -2.73. The van der Waals surface area contributed by atoms with Gasteiger partial charge in [-0.2, -0.15) is 0 Å². The molecule has 0 radical (unpaired) electrons. The highest BCUT2D eigenvalue weighted by atomic mass is 16.3. The Morgan fingerprint density at radius 3 is 2.68 bits per heavy atom. The van der Waals surface area contributed by atoms with Crippen molar-refractivity contribution in [1.29, 1.82) is 0 Å². The van der Waals surface area contributed by atoms with E-state index < -0.39 is 5.60 Å². The summed E-state index contributed by atoms with van der Waals surface area (Å²) >= 11 is 0. The number of hydrogen-bond acceptors (Lipinski definition) is 4. The molecule has 2 aliphatic carbocycles. The van der Waals surface area contributed by atoms with E-state index in [1.165, 1.54) is 0 Å². The molecular formula is C28H38N4O2. The molecule has 182 valence electrons. The Kier molecular flexibility index (Phi) is 6.81. The van der Waals surface area contributed by atoms with Gasteiger partial charge in [0.1, 0.15) is 5.60 Å². The standard InChI is InChI=1S/C28H38N4O2/c1-6-29-25(22-10-14-30-20(22)4)21-7-8-23(28(11-9-21)12-13-28)26(33)32-17-27(5,34)24-15-18(2)19(3)16-31-24/h6,10,14-16,21,23,30,34H,1,7-9,11-13,17H2,2-5H3,(H,32,33)/b29-25-/t21?,23-,27-/m1/s1. The van der Waals surface area contributed by atoms with Crippen LogP contribution in [0.2, 0.25) is 0 Å². The van der Waals surface area contributed by atoms with Crippen LogP contribution in [-0.2, 0) is 10.4 Å². The zero-order chi connectivity index (χ0) is 24.5. The monoisotopic (exact) mass is 462 g/mol. The lowest BCUT2D eigenvalue weighted by Crippen LogP contribution is -2.43.